The van der Waals surface area contributed by atoms with Crippen molar-refractivity contribution in [2.75, 3.05) is 18.9 Å². The number of rotatable bonds is 8. The SMILES string of the molecule is CCOc1ccc2nc(SCC(=O)N(CC)Cc3cccc(F)c3)[nH]c2c1. The van der Waals surface area contributed by atoms with Gasteiger partial charge in [0.05, 0.1) is 23.4 Å². The van der Waals surface area contributed by atoms with Crippen LogP contribution in [0.15, 0.2) is 47.6 Å². The summed E-state index contributed by atoms with van der Waals surface area (Å²) in [6, 6.07) is 12.0. The molecule has 0 saturated heterocycles. The lowest BCUT2D eigenvalue weighted by molar-refractivity contribution is -0.128. The van der Waals surface area contributed by atoms with Crippen molar-refractivity contribution in [3.8, 4) is 5.75 Å². The molecule has 142 valence electrons. The van der Waals surface area contributed by atoms with E-state index in [0.29, 0.717) is 24.9 Å². The number of amides is 1. The largest absolute Gasteiger partial charge is 0.494 e. The van der Waals surface area contributed by atoms with Crippen molar-refractivity contribution in [3.63, 3.8) is 0 Å². The van der Waals surface area contributed by atoms with Gasteiger partial charge in [-0.25, -0.2) is 9.37 Å². The topological polar surface area (TPSA) is 58.2 Å². The third kappa shape index (κ3) is 5.01. The normalized spacial score (nSPS) is 10.9. The number of carbonyl (C=O) groups excluding carboxylic acids is 1. The molecular weight excluding hydrogens is 365 g/mol. The van der Waals surface area contributed by atoms with Crippen molar-refractivity contribution in [1.82, 2.24) is 14.9 Å². The molecule has 27 heavy (non-hydrogen) atoms. The zero-order valence-electron chi connectivity index (χ0n) is 15.4. The quantitative estimate of drug-likeness (QED) is 0.587. The van der Waals surface area contributed by atoms with Crippen LogP contribution in [0.25, 0.3) is 11.0 Å². The molecule has 0 spiro atoms. The lowest BCUT2D eigenvalue weighted by Crippen LogP contribution is -2.31. The fourth-order valence-corrected chi connectivity index (χ4v) is 3.53. The zero-order chi connectivity index (χ0) is 19.2. The molecule has 0 saturated carbocycles. The van der Waals surface area contributed by atoms with Crippen LogP contribution in [0, 0.1) is 5.82 Å². The smallest absolute Gasteiger partial charge is 0.233 e. The Morgan fingerprint density at radius 1 is 1.26 bits per heavy atom. The van der Waals surface area contributed by atoms with Crippen molar-refractivity contribution >= 4 is 28.7 Å². The first-order valence-electron chi connectivity index (χ1n) is 8.86. The van der Waals surface area contributed by atoms with Gasteiger partial charge in [0, 0.05) is 19.2 Å². The number of ether oxygens (including phenoxy) is 1. The number of fused-ring (bicyclic) bond motifs is 1. The van der Waals surface area contributed by atoms with Crippen LogP contribution in [0.5, 0.6) is 5.75 Å². The third-order valence-electron chi connectivity index (χ3n) is 4.07. The molecule has 1 amide bonds. The molecule has 0 aliphatic rings. The second-order valence-corrected chi connectivity index (χ2v) is 6.94. The summed E-state index contributed by atoms with van der Waals surface area (Å²) >= 11 is 1.36. The van der Waals surface area contributed by atoms with Gasteiger partial charge in [0.15, 0.2) is 5.16 Å². The summed E-state index contributed by atoms with van der Waals surface area (Å²) in [6.45, 7) is 5.42. The van der Waals surface area contributed by atoms with Crippen molar-refractivity contribution in [2.45, 2.75) is 25.5 Å². The molecule has 5 nitrogen and oxygen atoms in total. The van der Waals surface area contributed by atoms with Crippen LogP contribution >= 0.6 is 11.8 Å². The number of halogens is 1. The summed E-state index contributed by atoms with van der Waals surface area (Å²) in [6.07, 6.45) is 0. The number of thioether (sulfide) groups is 1. The van der Waals surface area contributed by atoms with E-state index < -0.39 is 0 Å². The molecule has 0 radical (unpaired) electrons. The lowest BCUT2D eigenvalue weighted by Gasteiger charge is -2.20. The van der Waals surface area contributed by atoms with Crippen molar-refractivity contribution in [3.05, 3.63) is 53.8 Å². The molecule has 3 aromatic rings. The second-order valence-electron chi connectivity index (χ2n) is 5.98. The van der Waals surface area contributed by atoms with Crippen LogP contribution in [-0.4, -0.2) is 39.7 Å². The average molecular weight is 387 g/mol. The van der Waals surface area contributed by atoms with Crippen molar-refractivity contribution in [1.29, 1.82) is 0 Å². The Labute approximate surface area is 161 Å². The highest BCUT2D eigenvalue weighted by atomic mass is 32.2. The predicted molar refractivity (Wildman–Crippen MR) is 105 cm³/mol. The van der Waals surface area contributed by atoms with Gasteiger partial charge in [-0.15, -0.1) is 0 Å². The number of H-pyrrole nitrogens is 1. The fraction of sp³-hybridized carbons (Fsp3) is 0.300. The highest BCUT2D eigenvalue weighted by Crippen LogP contribution is 2.23. The van der Waals surface area contributed by atoms with Gasteiger partial charge in [-0.1, -0.05) is 23.9 Å². The first-order valence-corrected chi connectivity index (χ1v) is 9.85. The maximum absolute atomic E-state index is 13.3. The molecule has 0 unspecified atom stereocenters. The van der Waals surface area contributed by atoms with Gasteiger partial charge in [-0.05, 0) is 43.7 Å². The molecule has 1 aromatic heterocycles. The average Bonchev–Trinajstić information content (AvgIpc) is 3.06. The van der Waals surface area contributed by atoms with E-state index in [1.807, 2.05) is 38.1 Å². The van der Waals surface area contributed by atoms with E-state index in [4.69, 9.17) is 4.74 Å². The van der Waals surface area contributed by atoms with E-state index in [9.17, 15) is 9.18 Å². The Kier molecular flexibility index (Phi) is 6.34. The highest BCUT2D eigenvalue weighted by molar-refractivity contribution is 7.99. The molecule has 2 aromatic carbocycles. The zero-order valence-corrected chi connectivity index (χ0v) is 16.2. The van der Waals surface area contributed by atoms with Gasteiger partial charge >= 0.3 is 0 Å². The van der Waals surface area contributed by atoms with E-state index in [1.165, 1.54) is 23.9 Å². The number of hydrogen-bond donors (Lipinski definition) is 1. The molecule has 0 bridgehead atoms. The van der Waals surface area contributed by atoms with Crippen LogP contribution in [0.1, 0.15) is 19.4 Å². The molecule has 1 N–H and O–H groups in total. The van der Waals surface area contributed by atoms with Gasteiger partial charge in [0.25, 0.3) is 0 Å². The number of nitrogens with one attached hydrogen (secondary N) is 1. The van der Waals surface area contributed by atoms with Crippen LogP contribution < -0.4 is 4.74 Å². The van der Waals surface area contributed by atoms with Crippen LogP contribution in [0.3, 0.4) is 0 Å². The van der Waals surface area contributed by atoms with Gasteiger partial charge in [-0.2, -0.15) is 0 Å². The number of aromatic nitrogens is 2. The molecule has 3 rings (SSSR count). The minimum atomic E-state index is -0.293. The molecule has 0 aliphatic carbocycles. The maximum atomic E-state index is 13.3. The van der Waals surface area contributed by atoms with E-state index in [1.54, 1.807) is 11.0 Å². The molecule has 1 heterocycles. The van der Waals surface area contributed by atoms with Crippen molar-refractivity contribution < 1.29 is 13.9 Å². The third-order valence-corrected chi connectivity index (χ3v) is 4.93. The molecular formula is C20H22FN3O2S. The van der Waals surface area contributed by atoms with E-state index in [2.05, 4.69) is 9.97 Å². The van der Waals surface area contributed by atoms with Gasteiger partial charge < -0.3 is 14.6 Å². The standard InChI is InChI=1S/C20H22FN3O2S/c1-3-24(12-14-6-5-7-15(21)10-14)19(25)13-27-20-22-17-9-8-16(26-4-2)11-18(17)23-20/h5-11H,3-4,12-13H2,1-2H3,(H,22,23). The summed E-state index contributed by atoms with van der Waals surface area (Å²) in [5.74, 6) is 0.746. The number of aromatic amines is 1. The molecule has 0 fully saturated rings. The van der Waals surface area contributed by atoms with Crippen molar-refractivity contribution in [2.24, 2.45) is 0 Å². The van der Waals surface area contributed by atoms with Crippen LogP contribution in [0.2, 0.25) is 0 Å². The van der Waals surface area contributed by atoms with Gasteiger partial charge in [0.2, 0.25) is 5.91 Å². The van der Waals surface area contributed by atoms with Gasteiger partial charge in [-0.3, -0.25) is 4.79 Å². The summed E-state index contributed by atoms with van der Waals surface area (Å²) in [7, 11) is 0. The Bertz CT molecular complexity index is 928. The highest BCUT2D eigenvalue weighted by Gasteiger charge is 2.14. The summed E-state index contributed by atoms with van der Waals surface area (Å²) in [4.78, 5) is 22.0. The van der Waals surface area contributed by atoms with Crippen LogP contribution in [-0.2, 0) is 11.3 Å². The van der Waals surface area contributed by atoms with E-state index in [0.717, 1.165) is 22.3 Å². The summed E-state index contributed by atoms with van der Waals surface area (Å²) in [5, 5.41) is 0.689. The number of hydrogen-bond acceptors (Lipinski definition) is 4. The first kappa shape index (κ1) is 19.2. The van der Waals surface area contributed by atoms with E-state index >= 15 is 0 Å². The minimum absolute atomic E-state index is 0.0118. The predicted octanol–water partition coefficient (Wildman–Crippen LogP) is 4.24. The number of nitrogens with zero attached hydrogens (tertiary/aromatic N) is 2. The molecule has 0 aliphatic heterocycles. The van der Waals surface area contributed by atoms with Gasteiger partial charge in [0.1, 0.15) is 11.6 Å². The molecule has 0 atom stereocenters. The number of benzene rings is 2. The lowest BCUT2D eigenvalue weighted by atomic mass is 10.2. The Morgan fingerprint density at radius 2 is 2.11 bits per heavy atom. The monoisotopic (exact) mass is 387 g/mol. The fourth-order valence-electron chi connectivity index (χ4n) is 2.74. The Morgan fingerprint density at radius 3 is 2.85 bits per heavy atom. The maximum Gasteiger partial charge on any atom is 0.233 e. The number of carbonyl (C=O) groups is 1. The van der Waals surface area contributed by atoms with Crippen LogP contribution in [0.4, 0.5) is 4.39 Å². The molecule has 7 heteroatoms. The minimum Gasteiger partial charge on any atom is -0.494 e. The Hall–Kier alpha value is -2.54. The number of imidazole rings is 1. The first-order chi connectivity index (χ1) is 13.1. The summed E-state index contributed by atoms with van der Waals surface area (Å²) < 4.78 is 18.8. The Balaban J connectivity index is 1.62. The van der Waals surface area contributed by atoms with E-state index in [-0.39, 0.29) is 17.5 Å². The second kappa shape index (κ2) is 8.90. The summed E-state index contributed by atoms with van der Waals surface area (Å²) in [5.41, 5.74) is 2.49.